The number of hydrogen-bond donors (Lipinski definition) is 1. The fourth-order valence-electron chi connectivity index (χ4n) is 3.45. The number of piperidine rings is 1. The van der Waals surface area contributed by atoms with Gasteiger partial charge in [-0.2, -0.15) is 4.98 Å². The zero-order valence-electron chi connectivity index (χ0n) is 16.0. The number of hydrogen-bond acceptors (Lipinski definition) is 6. The highest BCUT2D eigenvalue weighted by Crippen LogP contribution is 2.28. The van der Waals surface area contributed by atoms with Crippen molar-refractivity contribution in [2.45, 2.75) is 17.7 Å². The van der Waals surface area contributed by atoms with E-state index in [1.165, 1.54) is 19.2 Å². The summed E-state index contributed by atoms with van der Waals surface area (Å²) in [5, 5.41) is 0.266. The minimum atomic E-state index is -3.62. The highest BCUT2D eigenvalue weighted by Gasteiger charge is 2.24. The Balaban J connectivity index is 1.34. The Morgan fingerprint density at radius 1 is 1.24 bits per heavy atom. The Labute approximate surface area is 174 Å². The molecular formula is C20H22ClN3O4S. The van der Waals surface area contributed by atoms with E-state index in [2.05, 4.69) is 14.6 Å². The molecule has 0 amide bonds. The summed E-state index contributed by atoms with van der Waals surface area (Å²) in [5.41, 5.74) is 1.62. The van der Waals surface area contributed by atoms with Crippen LogP contribution in [0.4, 0.5) is 6.01 Å². The molecule has 7 nitrogen and oxygen atoms in total. The molecule has 0 radical (unpaired) electrons. The lowest BCUT2D eigenvalue weighted by Gasteiger charge is -2.30. The molecule has 0 aliphatic carbocycles. The molecule has 1 aliphatic heterocycles. The van der Waals surface area contributed by atoms with Crippen molar-refractivity contribution in [1.82, 2.24) is 9.71 Å². The molecule has 1 N–H and O–H groups in total. The number of sulfonamides is 1. The zero-order valence-corrected chi connectivity index (χ0v) is 17.5. The third-order valence-corrected chi connectivity index (χ3v) is 6.88. The number of fused-ring (bicyclic) bond motifs is 1. The van der Waals surface area contributed by atoms with Gasteiger partial charge in [-0.05, 0) is 49.1 Å². The van der Waals surface area contributed by atoms with Crippen LogP contribution in [-0.4, -0.2) is 40.1 Å². The van der Waals surface area contributed by atoms with E-state index in [0.29, 0.717) is 18.3 Å². The number of halogens is 1. The number of methoxy groups -OCH3 is 1. The smallest absolute Gasteiger partial charge is 0.298 e. The summed E-state index contributed by atoms with van der Waals surface area (Å²) in [4.78, 5) is 6.77. The lowest BCUT2D eigenvalue weighted by atomic mass is 9.97. The number of aromatic nitrogens is 1. The van der Waals surface area contributed by atoms with E-state index in [4.69, 9.17) is 20.8 Å². The van der Waals surface area contributed by atoms with Crippen molar-refractivity contribution in [3.63, 3.8) is 0 Å². The number of oxazole rings is 1. The Hall–Kier alpha value is -2.29. The second-order valence-corrected chi connectivity index (χ2v) is 9.22. The van der Waals surface area contributed by atoms with Crippen molar-refractivity contribution in [3.05, 3.63) is 47.5 Å². The first-order chi connectivity index (χ1) is 14.0. The third-order valence-electron chi connectivity index (χ3n) is 5.16. The normalized spacial score (nSPS) is 15.7. The van der Waals surface area contributed by atoms with E-state index in [1.807, 2.05) is 24.3 Å². The van der Waals surface area contributed by atoms with Gasteiger partial charge in [-0.1, -0.05) is 23.7 Å². The van der Waals surface area contributed by atoms with Crippen LogP contribution >= 0.6 is 11.6 Å². The first-order valence-electron chi connectivity index (χ1n) is 9.40. The van der Waals surface area contributed by atoms with Crippen molar-refractivity contribution < 1.29 is 17.6 Å². The Morgan fingerprint density at radius 3 is 2.69 bits per heavy atom. The second kappa shape index (κ2) is 8.22. The third kappa shape index (κ3) is 4.34. The maximum absolute atomic E-state index is 12.6. The minimum absolute atomic E-state index is 0.132. The molecule has 3 aromatic rings. The van der Waals surface area contributed by atoms with Gasteiger partial charge in [0.05, 0.1) is 17.0 Å². The predicted molar refractivity (Wildman–Crippen MR) is 112 cm³/mol. The standard InChI is InChI=1S/C20H22ClN3O4S/c1-27-18-7-6-15(12-16(18)21)29(25,26)22-13-14-8-10-24(11-9-14)20-23-17-4-2-3-5-19(17)28-20/h2-7,12,14,22H,8-11,13H2,1H3. The largest absolute Gasteiger partial charge is 0.495 e. The molecule has 1 aromatic heterocycles. The second-order valence-electron chi connectivity index (χ2n) is 7.04. The fraction of sp³-hybridized carbons (Fsp3) is 0.350. The maximum Gasteiger partial charge on any atom is 0.298 e. The molecule has 29 heavy (non-hydrogen) atoms. The molecule has 0 unspecified atom stereocenters. The van der Waals surface area contributed by atoms with Crippen LogP contribution in [0, 0.1) is 5.92 Å². The van der Waals surface area contributed by atoms with Crippen molar-refractivity contribution >= 4 is 38.7 Å². The summed E-state index contributed by atoms with van der Waals surface area (Å²) < 4.78 is 38.7. The van der Waals surface area contributed by atoms with Gasteiger partial charge in [0.15, 0.2) is 5.58 Å². The van der Waals surface area contributed by atoms with Gasteiger partial charge in [-0.25, -0.2) is 13.1 Å². The summed E-state index contributed by atoms with van der Waals surface area (Å²) in [5.74, 6) is 0.691. The molecule has 0 saturated carbocycles. The van der Waals surface area contributed by atoms with Crippen molar-refractivity contribution in [2.24, 2.45) is 5.92 Å². The first-order valence-corrected chi connectivity index (χ1v) is 11.3. The van der Waals surface area contributed by atoms with Crippen LogP contribution < -0.4 is 14.4 Å². The van der Waals surface area contributed by atoms with Gasteiger partial charge in [0, 0.05) is 19.6 Å². The van der Waals surface area contributed by atoms with Crippen molar-refractivity contribution in [2.75, 3.05) is 31.6 Å². The topological polar surface area (TPSA) is 84.7 Å². The monoisotopic (exact) mass is 435 g/mol. The average Bonchev–Trinajstić information content (AvgIpc) is 3.17. The molecule has 2 aromatic carbocycles. The van der Waals surface area contributed by atoms with Crippen LogP contribution in [0.1, 0.15) is 12.8 Å². The number of nitrogens with zero attached hydrogens (tertiary/aromatic N) is 2. The number of anilines is 1. The van der Waals surface area contributed by atoms with Crippen molar-refractivity contribution in [1.29, 1.82) is 0 Å². The number of benzene rings is 2. The zero-order chi connectivity index (χ0) is 20.4. The summed E-state index contributed by atoms with van der Waals surface area (Å²) in [6.07, 6.45) is 1.70. The fourth-order valence-corrected chi connectivity index (χ4v) is 4.91. The molecule has 154 valence electrons. The molecule has 0 bridgehead atoms. The average molecular weight is 436 g/mol. The van der Waals surface area contributed by atoms with Crippen LogP contribution in [0.2, 0.25) is 5.02 Å². The van der Waals surface area contributed by atoms with Crippen LogP contribution in [0.3, 0.4) is 0 Å². The lowest BCUT2D eigenvalue weighted by molar-refractivity contribution is 0.387. The summed E-state index contributed by atoms with van der Waals surface area (Å²) in [7, 11) is -2.14. The predicted octanol–water partition coefficient (Wildman–Crippen LogP) is 3.68. The number of para-hydroxylation sites is 2. The molecule has 0 atom stereocenters. The summed E-state index contributed by atoms with van der Waals surface area (Å²) in [6.45, 7) is 1.93. The molecule has 4 rings (SSSR count). The maximum atomic E-state index is 12.6. The molecule has 1 aliphatic rings. The Bertz CT molecular complexity index is 1070. The highest BCUT2D eigenvalue weighted by molar-refractivity contribution is 7.89. The summed E-state index contributed by atoms with van der Waals surface area (Å²) >= 11 is 6.05. The Morgan fingerprint density at radius 2 is 2.00 bits per heavy atom. The molecule has 1 saturated heterocycles. The highest BCUT2D eigenvalue weighted by atomic mass is 35.5. The van der Waals surface area contributed by atoms with E-state index in [9.17, 15) is 8.42 Å². The summed E-state index contributed by atoms with van der Waals surface area (Å²) in [6, 6.07) is 12.7. The van der Waals surface area contributed by atoms with Gasteiger partial charge >= 0.3 is 0 Å². The lowest BCUT2D eigenvalue weighted by Crippen LogP contribution is -2.38. The van der Waals surface area contributed by atoms with Crippen molar-refractivity contribution in [3.8, 4) is 5.75 Å². The molecule has 0 spiro atoms. The van der Waals surface area contributed by atoms with E-state index in [1.54, 1.807) is 6.07 Å². The van der Waals surface area contributed by atoms with Crippen LogP contribution in [-0.2, 0) is 10.0 Å². The Kier molecular flexibility index (Phi) is 5.67. The molecule has 2 heterocycles. The van der Waals surface area contributed by atoms with Crippen LogP contribution in [0.25, 0.3) is 11.1 Å². The van der Waals surface area contributed by atoms with Gasteiger partial charge in [-0.15, -0.1) is 0 Å². The van der Waals surface area contributed by atoms with Gasteiger partial charge in [0.25, 0.3) is 6.01 Å². The first kappa shape index (κ1) is 20.0. The van der Waals surface area contributed by atoms with Crippen LogP contribution in [0.5, 0.6) is 5.75 Å². The number of ether oxygens (including phenoxy) is 1. The van der Waals surface area contributed by atoms with Crippen LogP contribution in [0.15, 0.2) is 51.8 Å². The van der Waals surface area contributed by atoms with Gasteiger partial charge in [0.1, 0.15) is 11.3 Å². The number of rotatable bonds is 6. The van der Waals surface area contributed by atoms with Gasteiger partial charge in [0.2, 0.25) is 10.0 Å². The molecule has 1 fully saturated rings. The SMILES string of the molecule is COc1ccc(S(=O)(=O)NCC2CCN(c3nc4ccccc4o3)CC2)cc1Cl. The quantitative estimate of drug-likeness (QED) is 0.635. The number of nitrogens with one attached hydrogen (secondary N) is 1. The van der Waals surface area contributed by atoms with Gasteiger partial charge < -0.3 is 14.1 Å². The van der Waals surface area contributed by atoms with E-state index < -0.39 is 10.0 Å². The molecule has 9 heteroatoms. The van der Waals surface area contributed by atoms with E-state index >= 15 is 0 Å². The van der Waals surface area contributed by atoms with Gasteiger partial charge in [-0.3, -0.25) is 0 Å². The molecular weight excluding hydrogens is 414 g/mol. The van der Waals surface area contributed by atoms with E-state index in [0.717, 1.165) is 37.0 Å². The van der Waals surface area contributed by atoms with E-state index in [-0.39, 0.29) is 15.8 Å². The minimum Gasteiger partial charge on any atom is -0.495 e.